The molecule has 1 aromatic heterocycles. The molecule has 5 heteroatoms. The normalized spacial score (nSPS) is 22.9. The highest BCUT2D eigenvalue weighted by molar-refractivity contribution is 9.10. The Labute approximate surface area is 90.4 Å². The molecule has 1 atom stereocenters. The van der Waals surface area contributed by atoms with E-state index in [1.165, 1.54) is 6.42 Å². The molecular formula is C9H12BrN3O. The van der Waals surface area contributed by atoms with Crippen LogP contribution in [0.4, 0.5) is 0 Å². The fraction of sp³-hybridized carbons (Fsp3) is 0.556. The van der Waals surface area contributed by atoms with Crippen molar-refractivity contribution in [2.24, 2.45) is 0 Å². The second kappa shape index (κ2) is 3.82. The molecule has 1 unspecified atom stereocenters. The number of halogens is 1. The summed E-state index contributed by atoms with van der Waals surface area (Å²) in [6.07, 6.45) is 2.31. The SMILES string of the molecule is CN1CCCC1c1cc(Br)c(=O)[nH]n1. The van der Waals surface area contributed by atoms with E-state index in [4.69, 9.17) is 0 Å². The summed E-state index contributed by atoms with van der Waals surface area (Å²) in [5.74, 6) is 0. The van der Waals surface area contributed by atoms with Crippen LogP contribution in [0.2, 0.25) is 0 Å². The van der Waals surface area contributed by atoms with Crippen LogP contribution in [-0.4, -0.2) is 28.7 Å². The van der Waals surface area contributed by atoms with Gasteiger partial charge in [0.1, 0.15) is 0 Å². The van der Waals surface area contributed by atoms with Crippen molar-refractivity contribution >= 4 is 15.9 Å². The first kappa shape index (κ1) is 9.86. The van der Waals surface area contributed by atoms with Crippen LogP contribution in [0.5, 0.6) is 0 Å². The van der Waals surface area contributed by atoms with E-state index in [-0.39, 0.29) is 5.56 Å². The molecule has 2 heterocycles. The van der Waals surface area contributed by atoms with Gasteiger partial charge in [-0.15, -0.1) is 0 Å². The zero-order valence-corrected chi connectivity index (χ0v) is 9.54. The molecule has 0 spiro atoms. The summed E-state index contributed by atoms with van der Waals surface area (Å²) in [7, 11) is 2.08. The minimum atomic E-state index is -0.172. The number of aromatic amines is 1. The molecule has 0 saturated carbocycles. The van der Waals surface area contributed by atoms with Crippen LogP contribution in [0.1, 0.15) is 24.6 Å². The number of aromatic nitrogens is 2. The number of nitrogens with zero attached hydrogens (tertiary/aromatic N) is 2. The van der Waals surface area contributed by atoms with Crippen molar-refractivity contribution in [3.63, 3.8) is 0 Å². The van der Waals surface area contributed by atoms with Gasteiger partial charge in [0.15, 0.2) is 0 Å². The summed E-state index contributed by atoms with van der Waals surface area (Å²) in [4.78, 5) is 13.3. The maximum absolute atomic E-state index is 11.1. The van der Waals surface area contributed by atoms with Gasteiger partial charge in [-0.3, -0.25) is 9.69 Å². The van der Waals surface area contributed by atoms with Crippen LogP contribution < -0.4 is 5.56 Å². The highest BCUT2D eigenvalue weighted by Gasteiger charge is 2.24. The van der Waals surface area contributed by atoms with Crippen LogP contribution in [0.3, 0.4) is 0 Å². The Balaban J connectivity index is 2.32. The molecule has 1 fully saturated rings. The summed E-state index contributed by atoms with van der Waals surface area (Å²) in [5.41, 5.74) is 0.769. The number of hydrogen-bond donors (Lipinski definition) is 1. The van der Waals surface area contributed by atoms with Gasteiger partial charge in [0, 0.05) is 0 Å². The lowest BCUT2D eigenvalue weighted by Gasteiger charge is -2.18. The minimum absolute atomic E-state index is 0.172. The first-order chi connectivity index (χ1) is 6.68. The average Bonchev–Trinajstić information content (AvgIpc) is 2.57. The van der Waals surface area contributed by atoms with Crippen LogP contribution in [-0.2, 0) is 0 Å². The number of likely N-dealkylation sites (tertiary alicyclic amines) is 1. The lowest BCUT2D eigenvalue weighted by Crippen LogP contribution is -2.21. The smallest absolute Gasteiger partial charge is 0.278 e. The maximum Gasteiger partial charge on any atom is 0.278 e. The Hall–Kier alpha value is -0.680. The zero-order chi connectivity index (χ0) is 10.1. The Morgan fingerprint density at radius 3 is 3.07 bits per heavy atom. The van der Waals surface area contributed by atoms with Gasteiger partial charge >= 0.3 is 0 Å². The number of H-pyrrole nitrogens is 1. The van der Waals surface area contributed by atoms with Crippen LogP contribution in [0.15, 0.2) is 15.3 Å². The summed E-state index contributed by atoms with van der Waals surface area (Å²) >= 11 is 3.21. The molecule has 76 valence electrons. The van der Waals surface area contributed by atoms with Gasteiger partial charge in [0.25, 0.3) is 5.56 Å². The molecule has 14 heavy (non-hydrogen) atoms. The van der Waals surface area contributed by atoms with Gasteiger partial charge in [-0.05, 0) is 48.4 Å². The number of rotatable bonds is 1. The molecule has 2 rings (SSSR count). The molecule has 1 aromatic rings. The van der Waals surface area contributed by atoms with Crippen molar-refractivity contribution in [1.29, 1.82) is 0 Å². The molecule has 1 aliphatic rings. The van der Waals surface area contributed by atoms with E-state index in [2.05, 4.69) is 38.1 Å². The van der Waals surface area contributed by atoms with Crippen LogP contribution in [0.25, 0.3) is 0 Å². The molecule has 0 amide bonds. The zero-order valence-electron chi connectivity index (χ0n) is 7.96. The number of hydrogen-bond acceptors (Lipinski definition) is 3. The van der Waals surface area contributed by atoms with E-state index >= 15 is 0 Å². The van der Waals surface area contributed by atoms with Gasteiger partial charge < -0.3 is 0 Å². The summed E-state index contributed by atoms with van der Waals surface area (Å²) < 4.78 is 0.558. The second-order valence-corrected chi connectivity index (χ2v) is 4.46. The summed E-state index contributed by atoms with van der Waals surface area (Å²) in [6, 6.07) is 2.16. The van der Waals surface area contributed by atoms with E-state index < -0.39 is 0 Å². The monoisotopic (exact) mass is 257 g/mol. The third kappa shape index (κ3) is 1.74. The lowest BCUT2D eigenvalue weighted by atomic mass is 10.1. The molecule has 4 nitrogen and oxygen atoms in total. The Morgan fingerprint density at radius 1 is 1.71 bits per heavy atom. The molecule has 1 aliphatic heterocycles. The van der Waals surface area contributed by atoms with Crippen molar-refractivity contribution in [2.45, 2.75) is 18.9 Å². The van der Waals surface area contributed by atoms with Gasteiger partial charge in [-0.25, -0.2) is 5.10 Å². The average molecular weight is 258 g/mol. The third-order valence-electron chi connectivity index (χ3n) is 2.64. The van der Waals surface area contributed by atoms with Gasteiger partial charge in [-0.1, -0.05) is 0 Å². The van der Waals surface area contributed by atoms with Gasteiger partial charge in [0.05, 0.1) is 16.2 Å². The van der Waals surface area contributed by atoms with Gasteiger partial charge in [0.2, 0.25) is 0 Å². The Kier molecular flexibility index (Phi) is 2.69. The fourth-order valence-electron chi connectivity index (χ4n) is 1.85. The fourth-order valence-corrected chi connectivity index (χ4v) is 2.17. The standard InChI is InChI=1S/C9H12BrN3O/c1-13-4-2-3-8(13)7-5-6(10)9(14)12-11-7/h5,8H,2-4H2,1H3,(H,12,14). The van der Waals surface area contributed by atoms with Crippen molar-refractivity contribution in [3.8, 4) is 0 Å². The lowest BCUT2D eigenvalue weighted by molar-refractivity contribution is 0.310. The Bertz CT molecular complexity index is 390. The van der Waals surface area contributed by atoms with Crippen LogP contribution >= 0.6 is 15.9 Å². The molecule has 0 radical (unpaired) electrons. The highest BCUT2D eigenvalue weighted by Crippen LogP contribution is 2.28. The quantitative estimate of drug-likeness (QED) is 0.826. The maximum atomic E-state index is 11.1. The van der Waals surface area contributed by atoms with E-state index in [0.29, 0.717) is 10.5 Å². The van der Waals surface area contributed by atoms with Gasteiger partial charge in [-0.2, -0.15) is 5.10 Å². The molecule has 0 aromatic carbocycles. The first-order valence-corrected chi connectivity index (χ1v) is 5.43. The van der Waals surface area contributed by atoms with E-state index in [9.17, 15) is 4.79 Å². The molecular weight excluding hydrogens is 246 g/mol. The summed E-state index contributed by atoms with van der Waals surface area (Å²) in [5, 5.41) is 6.55. The van der Waals surface area contributed by atoms with Crippen molar-refractivity contribution in [2.75, 3.05) is 13.6 Å². The van der Waals surface area contributed by atoms with Crippen molar-refractivity contribution in [3.05, 3.63) is 26.6 Å². The molecule has 0 aliphatic carbocycles. The van der Waals surface area contributed by atoms with E-state index in [1.54, 1.807) is 0 Å². The third-order valence-corrected chi connectivity index (χ3v) is 3.23. The largest absolute Gasteiger partial charge is 0.298 e. The predicted octanol–water partition coefficient (Wildman–Crippen LogP) is 1.30. The van der Waals surface area contributed by atoms with Crippen molar-refractivity contribution in [1.82, 2.24) is 15.1 Å². The molecule has 1 saturated heterocycles. The molecule has 0 bridgehead atoms. The van der Waals surface area contributed by atoms with Crippen LogP contribution in [0, 0.1) is 0 Å². The second-order valence-electron chi connectivity index (χ2n) is 3.61. The van der Waals surface area contributed by atoms with Crippen molar-refractivity contribution < 1.29 is 0 Å². The topological polar surface area (TPSA) is 49.0 Å². The first-order valence-electron chi connectivity index (χ1n) is 4.64. The van der Waals surface area contributed by atoms with E-state index in [1.807, 2.05) is 6.07 Å². The number of nitrogens with one attached hydrogen (secondary N) is 1. The Morgan fingerprint density at radius 2 is 2.50 bits per heavy atom. The predicted molar refractivity (Wildman–Crippen MR) is 57.2 cm³/mol. The highest BCUT2D eigenvalue weighted by atomic mass is 79.9. The molecule has 1 N–H and O–H groups in total. The summed E-state index contributed by atoms with van der Waals surface area (Å²) in [6.45, 7) is 1.10. The minimum Gasteiger partial charge on any atom is -0.298 e. The van der Waals surface area contributed by atoms with E-state index in [0.717, 1.165) is 18.7 Å².